The Morgan fingerprint density at radius 2 is 1.13 bits per heavy atom. The van der Waals surface area contributed by atoms with Crippen LogP contribution in [0.2, 0.25) is 0 Å². The van der Waals surface area contributed by atoms with Gasteiger partial charge in [-0.1, -0.05) is 0 Å². The third kappa shape index (κ3) is 4.32. The van der Waals surface area contributed by atoms with Crippen LogP contribution in [-0.4, -0.2) is 13.3 Å². The number of rotatable bonds is 7. The van der Waals surface area contributed by atoms with Gasteiger partial charge in [0, 0.05) is 0 Å². The van der Waals surface area contributed by atoms with Crippen molar-refractivity contribution >= 4 is 51.8 Å². The average Bonchev–Trinajstić information content (AvgIpc) is 3.45. The number of hydrogen-bond donors (Lipinski definition) is 0. The average molecular weight is 631 g/mol. The Bertz CT molecular complexity index is 1410. The Labute approximate surface area is 242 Å². The zero-order valence-electron chi connectivity index (χ0n) is 21.5. The van der Waals surface area contributed by atoms with Gasteiger partial charge in [-0.15, -0.1) is 24.0 Å². The molecule has 0 fully saturated rings. The number of fused-ring (bicyclic) bond motifs is 1. The smallest absolute Gasteiger partial charge is 0.107 e. The predicted molar refractivity (Wildman–Crippen MR) is 173 cm³/mol. The molecule has 0 aliphatic carbocycles. The quantitative estimate of drug-likeness (QED) is 0.149. The summed E-state index contributed by atoms with van der Waals surface area (Å²) < 4.78 is 12.9. The maximum absolute atomic E-state index is 6.76. The SMILES string of the molecule is CP(c1ccccc1)(c1ccccc1)(c1ccccc1)c1cc2c(cc1OCc1ccccc1)CCO2.I. The second kappa shape index (κ2) is 10.9. The van der Waals surface area contributed by atoms with E-state index in [1.807, 2.05) is 6.07 Å². The molecule has 0 atom stereocenters. The van der Waals surface area contributed by atoms with Gasteiger partial charge in [-0.25, -0.2) is 0 Å². The molecule has 0 aromatic heterocycles. The first-order chi connectivity index (χ1) is 18.2. The fraction of sp³-hybridized carbons (Fsp3) is 0.118. The molecule has 0 unspecified atom stereocenters. The first-order valence-electron chi connectivity index (χ1n) is 12.8. The van der Waals surface area contributed by atoms with Gasteiger partial charge in [-0.2, -0.15) is 0 Å². The van der Waals surface area contributed by atoms with E-state index in [1.54, 1.807) is 0 Å². The standard InChI is InChI=1S/C34H31O2P.HI/c1-37(29-16-8-3-9-17-29,30-18-10-4-11-19-30,31-20-12-5-13-21-31)34-25-32-28(22-23-35-32)24-33(34)36-26-27-14-6-2-7-15-27;/h2-21,24-25H,22-23,26H2,1H3;1H. The van der Waals surface area contributed by atoms with Gasteiger partial charge in [0.1, 0.15) is 0 Å². The molecule has 4 heteroatoms. The number of benzene rings is 5. The van der Waals surface area contributed by atoms with E-state index in [0.29, 0.717) is 13.2 Å². The minimum Gasteiger partial charge on any atom is -0.107 e. The van der Waals surface area contributed by atoms with Gasteiger partial charge in [0.05, 0.1) is 0 Å². The molecule has 192 valence electrons. The topological polar surface area (TPSA) is 18.5 Å². The number of hydrogen-bond acceptors (Lipinski definition) is 2. The fourth-order valence-corrected chi connectivity index (χ4v) is 11.3. The maximum Gasteiger partial charge on any atom is -0.107 e. The van der Waals surface area contributed by atoms with E-state index < -0.39 is 6.60 Å². The largest absolute Gasteiger partial charge is 0.107 e. The van der Waals surface area contributed by atoms with Gasteiger partial charge >= 0.3 is 220 Å². The van der Waals surface area contributed by atoms with Crippen molar-refractivity contribution in [2.24, 2.45) is 0 Å². The van der Waals surface area contributed by atoms with Crippen LogP contribution in [0, 0.1) is 0 Å². The van der Waals surface area contributed by atoms with E-state index in [4.69, 9.17) is 9.47 Å². The molecule has 0 radical (unpaired) electrons. The van der Waals surface area contributed by atoms with Crippen molar-refractivity contribution in [1.82, 2.24) is 0 Å². The van der Waals surface area contributed by atoms with Crippen LogP contribution >= 0.6 is 30.6 Å². The van der Waals surface area contributed by atoms with Crippen molar-refractivity contribution in [3.63, 3.8) is 0 Å². The van der Waals surface area contributed by atoms with E-state index in [2.05, 4.69) is 134 Å². The van der Waals surface area contributed by atoms with Crippen molar-refractivity contribution in [3.05, 3.63) is 145 Å². The van der Waals surface area contributed by atoms with Crippen molar-refractivity contribution < 1.29 is 9.47 Å². The van der Waals surface area contributed by atoms with Crippen LogP contribution < -0.4 is 30.7 Å². The molecule has 0 saturated heterocycles. The molecule has 2 nitrogen and oxygen atoms in total. The third-order valence-corrected chi connectivity index (χ3v) is 14.1. The summed E-state index contributed by atoms with van der Waals surface area (Å²) in [7, 11) is 0. The van der Waals surface area contributed by atoms with E-state index in [0.717, 1.165) is 23.5 Å². The molecule has 0 spiro atoms. The maximum atomic E-state index is 6.76. The number of halogens is 1. The molecule has 0 saturated carbocycles. The van der Waals surface area contributed by atoms with Crippen LogP contribution in [0.3, 0.4) is 0 Å². The summed E-state index contributed by atoms with van der Waals surface area (Å²) in [5.41, 5.74) is 2.37. The Morgan fingerprint density at radius 1 is 0.658 bits per heavy atom. The van der Waals surface area contributed by atoms with E-state index in [-0.39, 0.29) is 24.0 Å². The van der Waals surface area contributed by atoms with Crippen LogP contribution in [0.5, 0.6) is 11.5 Å². The fourth-order valence-electron chi connectivity index (χ4n) is 5.75. The summed E-state index contributed by atoms with van der Waals surface area (Å²) in [6, 6.07) is 47.8. The zero-order valence-corrected chi connectivity index (χ0v) is 24.7. The first-order valence-corrected chi connectivity index (χ1v) is 15.5. The van der Waals surface area contributed by atoms with Crippen LogP contribution in [0.1, 0.15) is 11.1 Å². The van der Waals surface area contributed by atoms with E-state index in [9.17, 15) is 0 Å². The van der Waals surface area contributed by atoms with Gasteiger partial charge in [0.15, 0.2) is 0 Å². The molecule has 6 rings (SSSR count). The predicted octanol–water partition coefficient (Wildman–Crippen LogP) is 6.60. The summed E-state index contributed by atoms with van der Waals surface area (Å²) in [6.45, 7) is 0.427. The molecule has 0 N–H and O–H groups in total. The Morgan fingerprint density at radius 3 is 1.63 bits per heavy atom. The Balaban J connectivity index is 0.00000294. The van der Waals surface area contributed by atoms with Crippen LogP contribution in [0.15, 0.2) is 133 Å². The van der Waals surface area contributed by atoms with Crippen LogP contribution in [0.25, 0.3) is 0 Å². The Kier molecular flexibility index (Phi) is 7.61. The molecule has 38 heavy (non-hydrogen) atoms. The van der Waals surface area contributed by atoms with Gasteiger partial charge in [-0.05, 0) is 0 Å². The van der Waals surface area contributed by atoms with Crippen LogP contribution in [-0.2, 0) is 13.0 Å². The normalized spacial score (nSPS) is 13.3. The van der Waals surface area contributed by atoms with Gasteiger partial charge in [0.25, 0.3) is 0 Å². The first kappa shape index (κ1) is 26.5. The molecule has 1 aliphatic heterocycles. The minimum atomic E-state index is -3.26. The summed E-state index contributed by atoms with van der Waals surface area (Å²) in [6.07, 6.45) is 0.902. The minimum absolute atomic E-state index is 0. The molecule has 5 aromatic rings. The summed E-state index contributed by atoms with van der Waals surface area (Å²) >= 11 is 0. The van der Waals surface area contributed by atoms with Gasteiger partial charge in [0.2, 0.25) is 0 Å². The van der Waals surface area contributed by atoms with E-state index >= 15 is 0 Å². The molecule has 5 aromatic carbocycles. The second-order valence-corrected chi connectivity index (χ2v) is 15.0. The van der Waals surface area contributed by atoms with Crippen molar-refractivity contribution in [2.45, 2.75) is 13.0 Å². The molecule has 1 heterocycles. The monoisotopic (exact) mass is 630 g/mol. The molecule has 0 bridgehead atoms. The van der Waals surface area contributed by atoms with Crippen molar-refractivity contribution in [2.75, 3.05) is 13.3 Å². The molecule has 1 aliphatic rings. The van der Waals surface area contributed by atoms with Crippen molar-refractivity contribution in [1.29, 1.82) is 0 Å². The summed E-state index contributed by atoms with van der Waals surface area (Å²) in [4.78, 5) is 0. The Hall–Kier alpha value is -3.14. The molecular formula is C34H32IO2P. The second-order valence-electron chi connectivity index (χ2n) is 9.87. The van der Waals surface area contributed by atoms with Gasteiger partial charge in [-0.3, -0.25) is 0 Å². The van der Waals surface area contributed by atoms with E-state index in [1.165, 1.54) is 26.8 Å². The molecule has 0 amide bonds. The summed E-state index contributed by atoms with van der Waals surface area (Å²) in [5, 5.41) is 5.10. The third-order valence-electron chi connectivity index (χ3n) is 7.82. The molecular weight excluding hydrogens is 598 g/mol. The number of ether oxygens (including phenoxy) is 2. The van der Waals surface area contributed by atoms with Crippen molar-refractivity contribution in [3.8, 4) is 11.5 Å². The summed E-state index contributed by atoms with van der Waals surface area (Å²) in [5.74, 6) is 1.91. The zero-order chi connectivity index (χ0) is 25.2. The van der Waals surface area contributed by atoms with Crippen LogP contribution in [0.4, 0.5) is 0 Å². The van der Waals surface area contributed by atoms with Gasteiger partial charge < -0.3 is 0 Å².